The van der Waals surface area contributed by atoms with Gasteiger partial charge in [-0.2, -0.15) is 0 Å². The van der Waals surface area contributed by atoms with E-state index >= 15 is 0 Å². The first kappa shape index (κ1) is 27.7. The molecule has 41 heavy (non-hydrogen) atoms. The van der Waals surface area contributed by atoms with E-state index < -0.39 is 17.1 Å². The molecule has 0 aliphatic heterocycles. The zero-order chi connectivity index (χ0) is 28.9. The molecule has 2 amide bonds. The summed E-state index contributed by atoms with van der Waals surface area (Å²) in [5, 5.41) is 16.2. The Morgan fingerprint density at radius 2 is 1.32 bits per heavy atom. The second-order valence-corrected chi connectivity index (χ2v) is 10.9. The van der Waals surface area contributed by atoms with E-state index in [9.17, 15) is 19.5 Å². The number of amides is 2. The van der Waals surface area contributed by atoms with E-state index in [1.54, 1.807) is 42.5 Å². The van der Waals surface area contributed by atoms with Crippen molar-refractivity contribution < 1.29 is 19.5 Å². The molecule has 0 spiro atoms. The van der Waals surface area contributed by atoms with Gasteiger partial charge in [-0.15, -0.1) is 11.8 Å². The van der Waals surface area contributed by atoms with Crippen LogP contribution in [0.4, 0.5) is 11.4 Å². The number of carbonyl (C=O) groups is 3. The van der Waals surface area contributed by atoms with Gasteiger partial charge in [-0.1, -0.05) is 60.7 Å². The number of carbonyl (C=O) groups excluding carboxylic acids is 2. The van der Waals surface area contributed by atoms with Crippen LogP contribution in [0, 0.1) is 13.8 Å². The Hall–Kier alpha value is -4.88. The molecule has 204 valence electrons. The van der Waals surface area contributed by atoms with E-state index in [-0.39, 0.29) is 17.0 Å². The maximum absolute atomic E-state index is 13.5. The lowest BCUT2D eigenvalue weighted by atomic mass is 9.98. The maximum Gasteiger partial charge on any atom is 0.336 e. The fourth-order valence-electron chi connectivity index (χ4n) is 4.82. The smallest absolute Gasteiger partial charge is 0.336 e. The molecule has 0 heterocycles. The molecule has 0 saturated carbocycles. The minimum absolute atomic E-state index is 0.0750. The SMILES string of the molecule is Cc1cc(C)cc(NC(=O)C(Sc2ccc(NC(=O)c3cccc4cccc(C(=O)O)c34)cc2)c2ccccc2)c1. The molecule has 0 aromatic heterocycles. The van der Waals surface area contributed by atoms with Crippen molar-refractivity contribution >= 4 is 51.7 Å². The molecule has 5 aromatic rings. The number of aromatic carboxylic acids is 1. The molecule has 3 N–H and O–H groups in total. The highest BCUT2D eigenvalue weighted by Crippen LogP contribution is 2.37. The standard InChI is InChI=1S/C34H28N2O4S/c1-21-18-22(2)20-26(19-21)36-33(38)31(24-8-4-3-5-9-24)41-27-16-14-25(15-17-27)35-32(37)28-12-6-10-23-11-7-13-29(30(23)28)34(39)40/h3-20,31H,1-2H3,(H,35,37)(H,36,38)(H,39,40). The lowest BCUT2D eigenvalue weighted by Crippen LogP contribution is -2.19. The largest absolute Gasteiger partial charge is 0.478 e. The summed E-state index contributed by atoms with van der Waals surface area (Å²) in [6.07, 6.45) is 0. The lowest BCUT2D eigenvalue weighted by molar-refractivity contribution is -0.115. The first-order valence-electron chi connectivity index (χ1n) is 13.1. The van der Waals surface area contributed by atoms with Gasteiger partial charge in [0, 0.05) is 27.2 Å². The number of thioether (sulfide) groups is 1. The van der Waals surface area contributed by atoms with Crippen molar-refractivity contribution in [3.8, 4) is 0 Å². The summed E-state index contributed by atoms with van der Waals surface area (Å²) in [6.45, 7) is 4.00. The van der Waals surface area contributed by atoms with Gasteiger partial charge in [0.05, 0.1) is 5.56 Å². The third kappa shape index (κ3) is 6.48. The number of aryl methyl sites for hydroxylation is 2. The number of nitrogens with one attached hydrogen (secondary N) is 2. The van der Waals surface area contributed by atoms with Crippen LogP contribution in [0.1, 0.15) is 42.7 Å². The summed E-state index contributed by atoms with van der Waals surface area (Å²) >= 11 is 1.42. The minimum Gasteiger partial charge on any atom is -0.478 e. The van der Waals surface area contributed by atoms with Crippen molar-refractivity contribution in [1.29, 1.82) is 0 Å². The van der Waals surface area contributed by atoms with Crippen molar-refractivity contribution in [3.05, 3.63) is 137 Å². The van der Waals surface area contributed by atoms with Gasteiger partial charge in [-0.05, 0) is 84.5 Å². The van der Waals surface area contributed by atoms with Crippen LogP contribution in [0.3, 0.4) is 0 Å². The number of rotatable bonds is 8. The monoisotopic (exact) mass is 560 g/mol. The van der Waals surface area contributed by atoms with Crippen LogP contribution in [0.2, 0.25) is 0 Å². The average molecular weight is 561 g/mol. The summed E-state index contributed by atoms with van der Waals surface area (Å²) in [7, 11) is 0. The Labute approximate surface area is 242 Å². The molecule has 0 saturated heterocycles. The fraction of sp³-hybridized carbons (Fsp3) is 0.0882. The van der Waals surface area contributed by atoms with Gasteiger partial charge in [0.25, 0.3) is 5.91 Å². The third-order valence-corrected chi connectivity index (χ3v) is 7.84. The number of anilines is 2. The van der Waals surface area contributed by atoms with E-state index in [1.807, 2.05) is 68.4 Å². The Bertz CT molecular complexity index is 1730. The number of hydrogen-bond donors (Lipinski definition) is 3. The number of fused-ring (bicyclic) bond motifs is 1. The second-order valence-electron chi connectivity index (χ2n) is 9.77. The molecule has 0 aliphatic rings. The van der Waals surface area contributed by atoms with Crippen LogP contribution in [0.5, 0.6) is 0 Å². The van der Waals surface area contributed by atoms with Crippen LogP contribution < -0.4 is 10.6 Å². The van der Waals surface area contributed by atoms with Crippen LogP contribution in [0.25, 0.3) is 10.8 Å². The van der Waals surface area contributed by atoms with Crippen molar-refractivity contribution in [2.45, 2.75) is 24.0 Å². The van der Waals surface area contributed by atoms with E-state index in [0.717, 1.165) is 27.3 Å². The number of carboxylic acids is 1. The normalized spacial score (nSPS) is 11.6. The molecule has 0 radical (unpaired) electrons. The van der Waals surface area contributed by atoms with E-state index in [2.05, 4.69) is 16.7 Å². The zero-order valence-electron chi connectivity index (χ0n) is 22.5. The lowest BCUT2D eigenvalue weighted by Gasteiger charge is -2.18. The third-order valence-electron chi connectivity index (χ3n) is 6.58. The Balaban J connectivity index is 1.35. The van der Waals surface area contributed by atoms with Crippen molar-refractivity contribution in [2.75, 3.05) is 10.6 Å². The highest BCUT2D eigenvalue weighted by molar-refractivity contribution is 8.00. The van der Waals surface area contributed by atoms with E-state index in [1.165, 1.54) is 17.8 Å². The predicted molar refractivity (Wildman–Crippen MR) is 165 cm³/mol. The maximum atomic E-state index is 13.5. The summed E-state index contributed by atoms with van der Waals surface area (Å²) in [5.41, 5.74) is 4.69. The molecule has 1 unspecified atom stereocenters. The molecule has 7 heteroatoms. The van der Waals surface area contributed by atoms with Gasteiger partial charge in [-0.3, -0.25) is 9.59 Å². The van der Waals surface area contributed by atoms with Gasteiger partial charge in [0.15, 0.2) is 0 Å². The molecular formula is C34H28N2O4S. The topological polar surface area (TPSA) is 95.5 Å². The number of carboxylic acid groups (broad SMARTS) is 1. The molecular weight excluding hydrogens is 532 g/mol. The Kier molecular flexibility index (Phi) is 8.17. The van der Waals surface area contributed by atoms with E-state index in [0.29, 0.717) is 16.5 Å². The number of benzene rings is 5. The van der Waals surface area contributed by atoms with Crippen molar-refractivity contribution in [1.82, 2.24) is 0 Å². The second kappa shape index (κ2) is 12.1. The minimum atomic E-state index is -1.09. The molecule has 5 rings (SSSR count). The van der Waals surface area contributed by atoms with Crippen LogP contribution in [0.15, 0.2) is 114 Å². The summed E-state index contributed by atoms with van der Waals surface area (Å²) in [5.74, 6) is -1.62. The quantitative estimate of drug-likeness (QED) is 0.168. The van der Waals surface area contributed by atoms with Crippen LogP contribution in [-0.4, -0.2) is 22.9 Å². The molecule has 6 nitrogen and oxygen atoms in total. The highest BCUT2D eigenvalue weighted by atomic mass is 32.2. The Morgan fingerprint density at radius 3 is 1.95 bits per heavy atom. The summed E-state index contributed by atoms with van der Waals surface area (Å²) in [4.78, 5) is 39.3. The summed E-state index contributed by atoms with van der Waals surface area (Å²) in [6, 6.07) is 32.9. The molecule has 1 atom stereocenters. The van der Waals surface area contributed by atoms with Gasteiger partial charge >= 0.3 is 5.97 Å². The molecule has 5 aromatic carbocycles. The average Bonchev–Trinajstić information content (AvgIpc) is 2.95. The zero-order valence-corrected chi connectivity index (χ0v) is 23.4. The van der Waals surface area contributed by atoms with Crippen molar-refractivity contribution in [3.63, 3.8) is 0 Å². The van der Waals surface area contributed by atoms with Gasteiger partial charge in [0.1, 0.15) is 5.25 Å². The fourth-order valence-corrected chi connectivity index (χ4v) is 5.84. The van der Waals surface area contributed by atoms with Crippen molar-refractivity contribution in [2.24, 2.45) is 0 Å². The summed E-state index contributed by atoms with van der Waals surface area (Å²) < 4.78 is 0. The van der Waals surface area contributed by atoms with Crippen LogP contribution in [-0.2, 0) is 4.79 Å². The molecule has 0 aliphatic carbocycles. The van der Waals surface area contributed by atoms with Gasteiger partial charge in [0.2, 0.25) is 5.91 Å². The predicted octanol–water partition coefficient (Wildman–Crippen LogP) is 7.88. The van der Waals surface area contributed by atoms with Gasteiger partial charge in [-0.25, -0.2) is 4.79 Å². The Morgan fingerprint density at radius 1 is 0.683 bits per heavy atom. The first-order valence-corrected chi connectivity index (χ1v) is 13.9. The van der Waals surface area contributed by atoms with E-state index in [4.69, 9.17) is 0 Å². The van der Waals surface area contributed by atoms with Gasteiger partial charge < -0.3 is 15.7 Å². The number of hydrogen-bond acceptors (Lipinski definition) is 4. The van der Waals surface area contributed by atoms with Crippen LogP contribution >= 0.6 is 11.8 Å². The highest BCUT2D eigenvalue weighted by Gasteiger charge is 2.23. The molecule has 0 bridgehead atoms. The molecule has 0 fully saturated rings. The first-order chi connectivity index (χ1) is 19.8.